The van der Waals surface area contributed by atoms with E-state index in [1.165, 1.54) is 0 Å². The van der Waals surface area contributed by atoms with Gasteiger partial charge in [-0.1, -0.05) is 12.1 Å². The van der Waals surface area contributed by atoms with Gasteiger partial charge in [-0.3, -0.25) is 4.79 Å². The molecule has 1 amide bonds. The fourth-order valence-electron chi connectivity index (χ4n) is 2.14. The highest BCUT2D eigenvalue weighted by molar-refractivity contribution is 5.83. The van der Waals surface area contributed by atoms with Gasteiger partial charge in [0.2, 0.25) is 5.91 Å². The molecule has 2 aromatic rings. The van der Waals surface area contributed by atoms with Gasteiger partial charge in [-0.2, -0.15) is 0 Å². The van der Waals surface area contributed by atoms with Gasteiger partial charge in [0.1, 0.15) is 11.9 Å². The number of fused-ring (bicyclic) bond motifs is 1. The smallest absolute Gasteiger partial charge is 0.244 e. The monoisotopic (exact) mass is 231 g/mol. The van der Waals surface area contributed by atoms with Gasteiger partial charge in [0.25, 0.3) is 0 Å². The van der Waals surface area contributed by atoms with E-state index in [2.05, 4.69) is 4.98 Å². The number of aryl methyl sites for hydroxylation is 1. The van der Waals surface area contributed by atoms with Crippen LogP contribution in [0.1, 0.15) is 18.8 Å². The second-order valence-electron chi connectivity index (χ2n) is 4.43. The third-order valence-electron chi connectivity index (χ3n) is 2.96. The molecule has 4 nitrogen and oxygen atoms in total. The normalized spacial score (nSPS) is 12.7. The van der Waals surface area contributed by atoms with Crippen molar-refractivity contribution in [3.63, 3.8) is 0 Å². The first-order valence-corrected chi connectivity index (χ1v) is 5.67. The topological polar surface area (TPSA) is 38.1 Å². The molecule has 90 valence electrons. The largest absolute Gasteiger partial charge is 0.347 e. The van der Waals surface area contributed by atoms with Crippen molar-refractivity contribution in [1.29, 1.82) is 0 Å². The summed E-state index contributed by atoms with van der Waals surface area (Å²) in [6, 6.07) is 7.66. The summed E-state index contributed by atoms with van der Waals surface area (Å²) in [6.45, 7) is 3.84. The van der Waals surface area contributed by atoms with E-state index >= 15 is 0 Å². The molecule has 0 aliphatic carbocycles. The number of rotatable bonds is 2. The number of imidazole rings is 1. The Kier molecular flexibility index (Phi) is 2.88. The van der Waals surface area contributed by atoms with Crippen LogP contribution >= 0.6 is 0 Å². The number of aromatic nitrogens is 2. The molecular weight excluding hydrogens is 214 g/mol. The highest BCUT2D eigenvalue weighted by atomic mass is 16.2. The first-order chi connectivity index (χ1) is 8.02. The minimum atomic E-state index is -0.225. The Morgan fingerprint density at radius 3 is 2.65 bits per heavy atom. The van der Waals surface area contributed by atoms with Gasteiger partial charge in [-0.25, -0.2) is 4.98 Å². The van der Waals surface area contributed by atoms with Crippen LogP contribution in [0.2, 0.25) is 0 Å². The molecule has 0 bridgehead atoms. The summed E-state index contributed by atoms with van der Waals surface area (Å²) in [5, 5.41) is 0. The molecule has 0 saturated carbocycles. The van der Waals surface area contributed by atoms with Gasteiger partial charge in [0.15, 0.2) is 0 Å². The summed E-state index contributed by atoms with van der Waals surface area (Å²) in [7, 11) is 3.54. The number of benzene rings is 1. The summed E-state index contributed by atoms with van der Waals surface area (Å²) in [4.78, 5) is 18.1. The molecule has 17 heavy (non-hydrogen) atoms. The van der Waals surface area contributed by atoms with E-state index in [0.717, 1.165) is 16.9 Å². The van der Waals surface area contributed by atoms with Crippen molar-refractivity contribution >= 4 is 16.9 Å². The second-order valence-corrected chi connectivity index (χ2v) is 4.43. The van der Waals surface area contributed by atoms with Crippen LogP contribution in [0.15, 0.2) is 24.3 Å². The highest BCUT2D eigenvalue weighted by Gasteiger charge is 2.20. The molecule has 1 atom stereocenters. The Morgan fingerprint density at radius 2 is 2.00 bits per heavy atom. The number of carbonyl (C=O) groups excluding carboxylic acids is 1. The van der Waals surface area contributed by atoms with Crippen LogP contribution in [0, 0.1) is 6.92 Å². The molecule has 1 aromatic heterocycles. The summed E-state index contributed by atoms with van der Waals surface area (Å²) in [6.07, 6.45) is 0. The molecule has 1 heterocycles. The molecule has 2 rings (SSSR count). The van der Waals surface area contributed by atoms with E-state index in [4.69, 9.17) is 0 Å². The first kappa shape index (κ1) is 11.6. The molecule has 4 heteroatoms. The number of hydrogen-bond donors (Lipinski definition) is 0. The Labute approximate surface area is 101 Å². The standard InChI is InChI=1S/C13H17N3O/c1-9(13(17)15(3)4)16-10(2)14-11-7-5-6-8-12(11)16/h5-9H,1-4H3. The zero-order chi connectivity index (χ0) is 12.6. The van der Waals surface area contributed by atoms with E-state index in [9.17, 15) is 4.79 Å². The van der Waals surface area contributed by atoms with Crippen molar-refractivity contribution in [2.24, 2.45) is 0 Å². The van der Waals surface area contributed by atoms with Crippen molar-refractivity contribution < 1.29 is 4.79 Å². The van der Waals surface area contributed by atoms with E-state index in [1.54, 1.807) is 19.0 Å². The summed E-state index contributed by atoms with van der Waals surface area (Å²) in [5.41, 5.74) is 1.94. The Balaban J connectivity index is 2.55. The van der Waals surface area contributed by atoms with Gasteiger partial charge in [-0.05, 0) is 26.0 Å². The van der Waals surface area contributed by atoms with Gasteiger partial charge in [0, 0.05) is 14.1 Å². The fourth-order valence-corrected chi connectivity index (χ4v) is 2.14. The predicted molar refractivity (Wildman–Crippen MR) is 67.9 cm³/mol. The van der Waals surface area contributed by atoms with Crippen molar-refractivity contribution in [3.05, 3.63) is 30.1 Å². The Morgan fingerprint density at radius 1 is 1.35 bits per heavy atom. The molecule has 0 aliphatic rings. The number of para-hydroxylation sites is 2. The van der Waals surface area contributed by atoms with Crippen LogP contribution in [-0.4, -0.2) is 34.5 Å². The quantitative estimate of drug-likeness (QED) is 0.792. The molecule has 0 fully saturated rings. The lowest BCUT2D eigenvalue weighted by Gasteiger charge is -2.19. The SMILES string of the molecule is Cc1nc2ccccc2n1C(C)C(=O)N(C)C. The number of nitrogens with zero attached hydrogens (tertiary/aromatic N) is 3. The number of amides is 1. The minimum absolute atomic E-state index is 0.0799. The average molecular weight is 231 g/mol. The predicted octanol–water partition coefficient (Wildman–Crippen LogP) is 1.99. The maximum atomic E-state index is 12.0. The minimum Gasteiger partial charge on any atom is -0.347 e. The molecule has 0 radical (unpaired) electrons. The molecule has 0 saturated heterocycles. The molecule has 1 unspecified atom stereocenters. The molecule has 1 aromatic carbocycles. The van der Waals surface area contributed by atoms with Crippen LogP contribution in [-0.2, 0) is 4.79 Å². The fraction of sp³-hybridized carbons (Fsp3) is 0.385. The van der Waals surface area contributed by atoms with Crippen LogP contribution in [0.25, 0.3) is 11.0 Å². The van der Waals surface area contributed by atoms with Gasteiger partial charge < -0.3 is 9.47 Å². The lowest BCUT2D eigenvalue weighted by molar-refractivity contribution is -0.131. The van der Waals surface area contributed by atoms with Crippen molar-refractivity contribution in [2.45, 2.75) is 19.9 Å². The number of likely N-dealkylation sites (N-methyl/N-ethyl adjacent to an activating group) is 1. The van der Waals surface area contributed by atoms with E-state index in [-0.39, 0.29) is 11.9 Å². The third-order valence-corrected chi connectivity index (χ3v) is 2.96. The molecular formula is C13H17N3O. The molecule has 0 aliphatic heterocycles. The maximum absolute atomic E-state index is 12.0. The Bertz CT molecular complexity index is 557. The highest BCUT2D eigenvalue weighted by Crippen LogP contribution is 2.21. The first-order valence-electron chi connectivity index (χ1n) is 5.67. The second kappa shape index (κ2) is 4.20. The van der Waals surface area contributed by atoms with Crippen LogP contribution in [0.4, 0.5) is 0 Å². The zero-order valence-electron chi connectivity index (χ0n) is 10.6. The van der Waals surface area contributed by atoms with Crippen LogP contribution in [0.3, 0.4) is 0 Å². The van der Waals surface area contributed by atoms with Crippen LogP contribution < -0.4 is 0 Å². The summed E-state index contributed by atoms with van der Waals surface area (Å²) in [5.74, 6) is 0.949. The van der Waals surface area contributed by atoms with Crippen molar-refractivity contribution in [1.82, 2.24) is 14.5 Å². The summed E-state index contributed by atoms with van der Waals surface area (Å²) >= 11 is 0. The number of hydrogen-bond acceptors (Lipinski definition) is 2. The van der Waals surface area contributed by atoms with E-state index in [0.29, 0.717) is 0 Å². The van der Waals surface area contributed by atoms with Gasteiger partial charge >= 0.3 is 0 Å². The Hall–Kier alpha value is -1.84. The van der Waals surface area contributed by atoms with Gasteiger partial charge in [-0.15, -0.1) is 0 Å². The van der Waals surface area contributed by atoms with Crippen molar-refractivity contribution in [2.75, 3.05) is 14.1 Å². The van der Waals surface area contributed by atoms with Crippen LogP contribution in [0.5, 0.6) is 0 Å². The van der Waals surface area contributed by atoms with E-state index < -0.39 is 0 Å². The third kappa shape index (κ3) is 1.90. The van der Waals surface area contributed by atoms with Crippen molar-refractivity contribution in [3.8, 4) is 0 Å². The zero-order valence-corrected chi connectivity index (χ0v) is 10.6. The van der Waals surface area contributed by atoms with E-state index in [1.807, 2.05) is 42.7 Å². The summed E-state index contributed by atoms with van der Waals surface area (Å²) < 4.78 is 1.98. The molecule has 0 spiro atoms. The molecule has 0 N–H and O–H groups in total. The lowest BCUT2D eigenvalue weighted by Crippen LogP contribution is -2.30. The van der Waals surface area contributed by atoms with Gasteiger partial charge in [0.05, 0.1) is 11.0 Å². The number of carbonyl (C=O) groups is 1. The maximum Gasteiger partial charge on any atom is 0.244 e. The average Bonchev–Trinajstić information content (AvgIpc) is 2.62. The lowest BCUT2D eigenvalue weighted by atomic mass is 10.2.